The maximum atomic E-state index is 12.1. The van der Waals surface area contributed by atoms with Crippen molar-refractivity contribution in [2.45, 2.75) is 31.3 Å². The topological polar surface area (TPSA) is 47.6 Å². The number of benzene rings is 1. The van der Waals surface area contributed by atoms with Gasteiger partial charge < -0.3 is 4.74 Å². The second-order valence-corrected chi connectivity index (χ2v) is 4.86. The fraction of sp³-hybridized carbons (Fsp3) is 0.500. The third-order valence-corrected chi connectivity index (χ3v) is 3.66. The van der Waals surface area contributed by atoms with Gasteiger partial charge in [0, 0.05) is 13.0 Å². The maximum absolute atomic E-state index is 12.1. The highest BCUT2D eigenvalue weighted by Gasteiger charge is 2.29. The minimum absolute atomic E-state index is 0.00518. The van der Waals surface area contributed by atoms with Crippen LogP contribution in [-0.2, 0) is 20.8 Å². The number of nitrogens with one attached hydrogen (secondary N) is 1. The molecule has 1 aromatic carbocycles. The first kappa shape index (κ1) is 11.7. The zero-order chi connectivity index (χ0) is 12.4. The van der Waals surface area contributed by atoms with Gasteiger partial charge in [-0.25, -0.2) is 5.48 Å². The van der Waals surface area contributed by atoms with Crippen LogP contribution in [0.1, 0.15) is 29.9 Å². The average Bonchev–Trinajstić information content (AvgIpc) is 3.05. The van der Waals surface area contributed by atoms with E-state index in [0.29, 0.717) is 13.2 Å². The molecule has 1 heterocycles. The van der Waals surface area contributed by atoms with Gasteiger partial charge in [0.25, 0.3) is 5.91 Å². The number of hydroxylamine groups is 1. The molecule has 4 nitrogen and oxygen atoms in total. The number of carbonyl (C=O) groups excluding carboxylic acids is 1. The van der Waals surface area contributed by atoms with Crippen LogP contribution in [0.25, 0.3) is 0 Å². The predicted octanol–water partition coefficient (Wildman–Crippen LogP) is 1.55. The lowest BCUT2D eigenvalue weighted by Crippen LogP contribution is -2.33. The van der Waals surface area contributed by atoms with E-state index in [1.165, 1.54) is 5.56 Å². The van der Waals surface area contributed by atoms with Gasteiger partial charge in [-0.2, -0.15) is 0 Å². The van der Waals surface area contributed by atoms with Crippen molar-refractivity contribution >= 4 is 5.91 Å². The molecule has 1 aliphatic heterocycles. The molecule has 1 saturated heterocycles. The van der Waals surface area contributed by atoms with E-state index in [1.54, 1.807) is 0 Å². The van der Waals surface area contributed by atoms with Crippen LogP contribution < -0.4 is 5.48 Å². The van der Waals surface area contributed by atoms with Gasteiger partial charge in [-0.05, 0) is 24.0 Å². The van der Waals surface area contributed by atoms with Crippen LogP contribution in [0.4, 0.5) is 0 Å². The van der Waals surface area contributed by atoms with Crippen molar-refractivity contribution in [3.05, 3.63) is 35.4 Å². The Morgan fingerprint density at radius 3 is 3.06 bits per heavy atom. The monoisotopic (exact) mass is 247 g/mol. The van der Waals surface area contributed by atoms with Crippen LogP contribution in [0.15, 0.2) is 24.3 Å². The summed E-state index contributed by atoms with van der Waals surface area (Å²) in [5.74, 6) is -0.102. The number of carbonyl (C=O) groups is 1. The minimum Gasteiger partial charge on any atom is -0.379 e. The van der Waals surface area contributed by atoms with Crippen molar-refractivity contribution in [1.29, 1.82) is 0 Å². The first-order chi connectivity index (χ1) is 8.84. The molecule has 0 bridgehead atoms. The predicted molar refractivity (Wildman–Crippen MR) is 66.0 cm³/mol. The highest BCUT2D eigenvalue weighted by molar-refractivity contribution is 5.84. The van der Waals surface area contributed by atoms with Gasteiger partial charge in [-0.1, -0.05) is 24.3 Å². The van der Waals surface area contributed by atoms with Gasteiger partial charge >= 0.3 is 0 Å². The van der Waals surface area contributed by atoms with E-state index >= 15 is 0 Å². The highest BCUT2D eigenvalue weighted by Crippen LogP contribution is 2.32. The lowest BCUT2D eigenvalue weighted by atomic mass is 10.0. The average molecular weight is 247 g/mol. The van der Waals surface area contributed by atoms with E-state index in [4.69, 9.17) is 9.57 Å². The largest absolute Gasteiger partial charge is 0.379 e. The molecule has 1 aromatic rings. The van der Waals surface area contributed by atoms with Gasteiger partial charge in [0.1, 0.15) is 6.10 Å². The molecule has 0 aromatic heterocycles. The first-order valence-corrected chi connectivity index (χ1v) is 6.45. The smallest absolute Gasteiger partial charge is 0.251 e. The summed E-state index contributed by atoms with van der Waals surface area (Å²) in [6, 6.07) is 8.13. The van der Waals surface area contributed by atoms with E-state index < -0.39 is 0 Å². The lowest BCUT2D eigenvalue weighted by molar-refractivity contribution is -0.140. The van der Waals surface area contributed by atoms with Gasteiger partial charge in [0.15, 0.2) is 0 Å². The lowest BCUT2D eigenvalue weighted by Gasteiger charge is -2.14. The summed E-state index contributed by atoms with van der Waals surface area (Å²) in [7, 11) is 0. The van der Waals surface area contributed by atoms with Crippen LogP contribution >= 0.6 is 0 Å². The summed E-state index contributed by atoms with van der Waals surface area (Å²) in [6.45, 7) is 1.29. The quantitative estimate of drug-likeness (QED) is 0.824. The normalized spacial score (nSPS) is 26.0. The Balaban J connectivity index is 1.60. The van der Waals surface area contributed by atoms with Gasteiger partial charge in [-0.3, -0.25) is 9.63 Å². The third-order valence-electron chi connectivity index (χ3n) is 3.66. The Labute approximate surface area is 106 Å². The van der Waals surface area contributed by atoms with E-state index in [1.807, 2.05) is 18.2 Å². The van der Waals surface area contributed by atoms with Crippen LogP contribution in [0.5, 0.6) is 0 Å². The highest BCUT2D eigenvalue weighted by atomic mass is 16.7. The van der Waals surface area contributed by atoms with Crippen molar-refractivity contribution < 1.29 is 14.4 Å². The molecule has 1 fully saturated rings. The van der Waals surface area contributed by atoms with E-state index in [9.17, 15) is 4.79 Å². The molecular formula is C14H17NO3. The second kappa shape index (κ2) is 5.08. The Kier molecular flexibility index (Phi) is 3.30. The SMILES string of the molecule is O=C(NOC1CCOC1)[C@H]1CCc2ccccc21. The fourth-order valence-corrected chi connectivity index (χ4v) is 2.65. The number of ether oxygens (including phenoxy) is 1. The molecule has 1 amide bonds. The van der Waals surface area contributed by atoms with Crippen LogP contribution in [-0.4, -0.2) is 25.2 Å². The molecule has 2 atom stereocenters. The zero-order valence-electron chi connectivity index (χ0n) is 10.2. The first-order valence-electron chi connectivity index (χ1n) is 6.45. The van der Waals surface area contributed by atoms with Crippen molar-refractivity contribution in [1.82, 2.24) is 5.48 Å². The van der Waals surface area contributed by atoms with Crippen LogP contribution in [0.2, 0.25) is 0 Å². The summed E-state index contributed by atoms with van der Waals surface area (Å²) in [5.41, 5.74) is 5.01. The Morgan fingerprint density at radius 2 is 2.22 bits per heavy atom. The molecule has 1 N–H and O–H groups in total. The van der Waals surface area contributed by atoms with Crippen molar-refractivity contribution in [2.75, 3.05) is 13.2 Å². The molecule has 1 unspecified atom stereocenters. The molecule has 0 spiro atoms. The molecule has 2 aliphatic rings. The van der Waals surface area contributed by atoms with E-state index in [2.05, 4.69) is 11.5 Å². The maximum Gasteiger partial charge on any atom is 0.251 e. The Bertz CT molecular complexity index is 440. The van der Waals surface area contributed by atoms with Gasteiger partial charge in [0.05, 0.1) is 12.5 Å². The summed E-state index contributed by atoms with van der Waals surface area (Å²) >= 11 is 0. The number of fused-ring (bicyclic) bond motifs is 1. The molecule has 1 aliphatic carbocycles. The Morgan fingerprint density at radius 1 is 1.33 bits per heavy atom. The van der Waals surface area contributed by atoms with Crippen LogP contribution in [0.3, 0.4) is 0 Å². The fourth-order valence-electron chi connectivity index (χ4n) is 2.65. The minimum atomic E-state index is -0.0662. The van der Waals surface area contributed by atoms with Crippen molar-refractivity contribution in [3.8, 4) is 0 Å². The summed E-state index contributed by atoms with van der Waals surface area (Å²) < 4.78 is 5.19. The standard InChI is InChI=1S/C14H17NO3/c16-14(15-18-11-7-8-17-9-11)13-6-5-10-3-1-2-4-12(10)13/h1-4,11,13H,5-9H2,(H,15,16)/t11?,13-/m0/s1. The van der Waals surface area contributed by atoms with E-state index in [0.717, 1.165) is 24.8 Å². The zero-order valence-corrected chi connectivity index (χ0v) is 10.2. The molecule has 0 saturated carbocycles. The number of amides is 1. The molecule has 4 heteroatoms. The molecule has 0 radical (unpaired) electrons. The third kappa shape index (κ3) is 2.26. The van der Waals surface area contributed by atoms with Gasteiger partial charge in [-0.15, -0.1) is 0 Å². The van der Waals surface area contributed by atoms with Gasteiger partial charge in [0.2, 0.25) is 0 Å². The number of rotatable bonds is 3. The molecule has 18 heavy (non-hydrogen) atoms. The second-order valence-electron chi connectivity index (χ2n) is 4.86. The number of aryl methyl sites for hydroxylation is 1. The van der Waals surface area contributed by atoms with Crippen LogP contribution in [0, 0.1) is 0 Å². The number of hydrogen-bond donors (Lipinski definition) is 1. The van der Waals surface area contributed by atoms with Crippen molar-refractivity contribution in [2.24, 2.45) is 0 Å². The van der Waals surface area contributed by atoms with E-state index in [-0.39, 0.29) is 17.9 Å². The Hall–Kier alpha value is -1.39. The summed E-state index contributed by atoms with van der Waals surface area (Å²) in [5, 5.41) is 0. The van der Waals surface area contributed by atoms with Crippen molar-refractivity contribution in [3.63, 3.8) is 0 Å². The molecule has 3 rings (SSSR count). The molecular weight excluding hydrogens is 230 g/mol. The summed E-state index contributed by atoms with van der Waals surface area (Å²) in [4.78, 5) is 17.5. The number of hydrogen-bond acceptors (Lipinski definition) is 3. The molecule has 96 valence electrons. The summed E-state index contributed by atoms with van der Waals surface area (Å²) in [6.07, 6.45) is 2.70.